The third-order valence-electron chi connectivity index (χ3n) is 9.58. The van der Waals surface area contributed by atoms with E-state index in [0.717, 1.165) is 0 Å². The van der Waals surface area contributed by atoms with E-state index in [2.05, 4.69) is 211 Å². The highest BCUT2D eigenvalue weighted by Crippen LogP contribution is 2.55. The number of alkyl halides is 8. The van der Waals surface area contributed by atoms with E-state index in [0.29, 0.717) is 0 Å². The Hall–Kier alpha value is -4.72. The molecule has 0 fully saturated rings. The van der Waals surface area contributed by atoms with Crippen molar-refractivity contribution in [2.24, 2.45) is 0 Å². The van der Waals surface area contributed by atoms with E-state index >= 15 is 0 Å². The third kappa shape index (κ3) is 12.2. The number of halogens is 8. The lowest BCUT2D eigenvalue weighted by Crippen LogP contribution is -2.66. The van der Waals surface area contributed by atoms with Crippen LogP contribution in [0.25, 0.3) is 0 Å². The molecule has 0 saturated carbocycles. The molecule has 0 aromatic heterocycles. The first-order chi connectivity index (χ1) is 30.4. The van der Waals surface area contributed by atoms with Crippen molar-refractivity contribution in [1.82, 2.24) is 0 Å². The van der Waals surface area contributed by atoms with Gasteiger partial charge in [-0.1, -0.05) is 139 Å². The fourth-order valence-corrected chi connectivity index (χ4v) is 11.0. The van der Waals surface area contributed by atoms with Crippen LogP contribution >= 0.6 is 0 Å². The van der Waals surface area contributed by atoms with Gasteiger partial charge in [0.25, 0.3) is 0 Å². The third-order valence-corrected chi connectivity index (χ3v) is 15.8. The molecule has 0 saturated heterocycles. The van der Waals surface area contributed by atoms with Gasteiger partial charge in [-0.25, -0.2) is 16.8 Å². The molecule has 0 radical (unpaired) electrons. The SMILES string of the molecule is CC(C)(C)c1ccc([S+](c2ccccc2)c2ccccc2)cc1.CC(C)(C)c1ccc([S+](c2ccccc2)c2ccccc2)cc1.O=S(=O)([O-])C(F)(F)C(F)(F)C(F)(F)C(F)(F)S(=O)(=O)[O-]. The molecule has 18 heteroatoms. The first-order valence-corrected chi connectivity index (χ1v) is 24.9. The number of rotatable bonds is 11. The first kappa shape index (κ1) is 53.9. The molecule has 0 atom stereocenters. The van der Waals surface area contributed by atoms with E-state index in [4.69, 9.17) is 0 Å². The molecule has 6 rings (SSSR count). The van der Waals surface area contributed by atoms with Crippen LogP contribution in [0, 0.1) is 0 Å². The molecule has 66 heavy (non-hydrogen) atoms. The maximum Gasteiger partial charge on any atom is 0.402 e. The van der Waals surface area contributed by atoms with Crippen molar-refractivity contribution in [3.63, 3.8) is 0 Å². The van der Waals surface area contributed by atoms with Crippen LogP contribution in [0.3, 0.4) is 0 Å². The van der Waals surface area contributed by atoms with E-state index in [9.17, 15) is 61.1 Å². The van der Waals surface area contributed by atoms with Gasteiger partial charge in [0, 0.05) is 0 Å². The highest BCUT2D eigenvalue weighted by molar-refractivity contribution is 7.97. The van der Waals surface area contributed by atoms with Gasteiger partial charge in [0.05, 0.1) is 21.8 Å². The zero-order valence-corrected chi connectivity index (χ0v) is 39.5. The van der Waals surface area contributed by atoms with Crippen LogP contribution in [0.15, 0.2) is 199 Å². The van der Waals surface area contributed by atoms with Gasteiger partial charge in [0.2, 0.25) is 0 Å². The van der Waals surface area contributed by atoms with Crippen LogP contribution in [0.4, 0.5) is 35.1 Å². The smallest absolute Gasteiger partial charge is 0.402 e. The Balaban J connectivity index is 0.000000217. The average molecular weight is 999 g/mol. The van der Waals surface area contributed by atoms with Crippen LogP contribution in [-0.4, -0.2) is 48.3 Å². The van der Waals surface area contributed by atoms with Crippen molar-refractivity contribution in [2.45, 2.75) is 104 Å². The van der Waals surface area contributed by atoms with E-state index in [1.165, 1.54) is 40.5 Å². The maximum absolute atomic E-state index is 12.5. The summed E-state index contributed by atoms with van der Waals surface area (Å²) in [4.78, 5) is 8.19. The monoisotopic (exact) mass is 998 g/mol. The lowest BCUT2D eigenvalue weighted by molar-refractivity contribution is -0.327. The number of benzene rings is 6. The van der Waals surface area contributed by atoms with Gasteiger partial charge in [-0.2, -0.15) is 35.1 Å². The predicted molar refractivity (Wildman–Crippen MR) is 240 cm³/mol. The summed E-state index contributed by atoms with van der Waals surface area (Å²) in [7, 11) is -15.3. The Morgan fingerprint density at radius 3 is 0.682 bits per heavy atom. The minimum absolute atomic E-state index is 0.0497. The predicted octanol–water partition coefficient (Wildman–Crippen LogP) is 12.7. The van der Waals surface area contributed by atoms with E-state index in [1.807, 2.05) is 0 Å². The topological polar surface area (TPSA) is 114 Å². The Bertz CT molecular complexity index is 2430. The van der Waals surface area contributed by atoms with Crippen molar-refractivity contribution < 1.29 is 61.1 Å². The molecule has 0 unspecified atom stereocenters. The number of hydrogen-bond donors (Lipinski definition) is 0. The Morgan fingerprint density at radius 1 is 0.333 bits per heavy atom. The van der Waals surface area contributed by atoms with Gasteiger partial charge in [-0.05, 0) is 94.8 Å². The van der Waals surface area contributed by atoms with Crippen molar-refractivity contribution in [2.75, 3.05) is 0 Å². The molecule has 0 spiro atoms. The van der Waals surface area contributed by atoms with Gasteiger partial charge in [0.15, 0.2) is 49.6 Å². The Morgan fingerprint density at radius 2 is 0.515 bits per heavy atom. The number of hydrogen-bond acceptors (Lipinski definition) is 6. The molecule has 0 aliphatic heterocycles. The van der Waals surface area contributed by atoms with Crippen molar-refractivity contribution >= 4 is 42.0 Å². The second-order valence-electron chi connectivity index (χ2n) is 16.5. The summed E-state index contributed by atoms with van der Waals surface area (Å²) in [6, 6.07) is 61.5. The summed E-state index contributed by atoms with van der Waals surface area (Å²) in [5, 5.41) is -14.6. The molecule has 0 N–H and O–H groups in total. The molecule has 6 nitrogen and oxygen atoms in total. The minimum atomic E-state index is -7.68. The summed E-state index contributed by atoms with van der Waals surface area (Å²) < 4.78 is 158. The Kier molecular flexibility index (Phi) is 16.9. The fraction of sp³-hybridized carbons (Fsp3) is 0.250. The van der Waals surface area contributed by atoms with Crippen LogP contribution < -0.4 is 0 Å². The average Bonchev–Trinajstić information content (AvgIpc) is 3.25. The van der Waals surface area contributed by atoms with Crippen LogP contribution in [0.5, 0.6) is 0 Å². The molecule has 6 aromatic carbocycles. The molecule has 354 valence electrons. The van der Waals surface area contributed by atoms with Crippen LogP contribution in [0.2, 0.25) is 0 Å². The lowest BCUT2D eigenvalue weighted by Gasteiger charge is -2.37. The van der Waals surface area contributed by atoms with Gasteiger partial charge in [-0.3, -0.25) is 0 Å². The van der Waals surface area contributed by atoms with Crippen LogP contribution in [-0.2, 0) is 52.9 Å². The van der Waals surface area contributed by atoms with E-state index in [1.54, 1.807) is 0 Å². The van der Waals surface area contributed by atoms with E-state index < -0.39 is 42.6 Å². The summed E-state index contributed by atoms with van der Waals surface area (Å²) in [5.41, 5.74) is 3.14. The maximum atomic E-state index is 12.5. The second-order valence-corrected chi connectivity index (χ2v) is 23.4. The first-order valence-electron chi connectivity index (χ1n) is 19.7. The van der Waals surface area contributed by atoms with Gasteiger partial charge >= 0.3 is 22.4 Å². The lowest BCUT2D eigenvalue weighted by atomic mass is 9.87. The minimum Gasteiger partial charge on any atom is -0.743 e. The highest BCUT2D eigenvalue weighted by Gasteiger charge is 2.84. The zero-order chi connectivity index (χ0) is 49.6. The van der Waals surface area contributed by atoms with Gasteiger partial charge in [-0.15, -0.1) is 0 Å². The largest absolute Gasteiger partial charge is 0.743 e. The van der Waals surface area contributed by atoms with Crippen molar-refractivity contribution in [3.8, 4) is 0 Å². The quantitative estimate of drug-likeness (QED) is 0.0725. The van der Waals surface area contributed by atoms with E-state index in [-0.39, 0.29) is 32.6 Å². The second kappa shape index (κ2) is 20.7. The van der Waals surface area contributed by atoms with Gasteiger partial charge < -0.3 is 9.11 Å². The summed E-state index contributed by atoms with van der Waals surface area (Å²) in [6.07, 6.45) is 0. The molecule has 0 aliphatic rings. The normalized spacial score (nSPS) is 13.1. The Labute approximate surface area is 386 Å². The molecule has 0 heterocycles. The van der Waals surface area contributed by atoms with Crippen molar-refractivity contribution in [1.29, 1.82) is 0 Å². The summed E-state index contributed by atoms with van der Waals surface area (Å²) in [5.74, 6) is -15.4. The standard InChI is InChI=1S/2C22H23S.C4H2F8O6S2/c2*1-22(2,3)18-14-16-21(17-15-18)23(19-10-6-4-7-11-19)20-12-8-5-9-13-20;5-1(6,3(9,10)19(13,14)15)2(7,8)4(11,12)20(16,17)18/h2*4-17H,1-3H3;(H,13,14,15)(H,16,17,18)/q2*+1;/p-2. The van der Waals surface area contributed by atoms with Gasteiger partial charge in [0.1, 0.15) is 0 Å². The molecule has 0 amide bonds. The molecule has 0 bridgehead atoms. The fourth-order valence-electron chi connectivity index (χ4n) is 5.90. The molecule has 0 aliphatic carbocycles. The zero-order valence-electron chi connectivity index (χ0n) is 36.3. The molecule has 6 aromatic rings. The summed E-state index contributed by atoms with van der Waals surface area (Å²) in [6.45, 7) is 13.6. The summed E-state index contributed by atoms with van der Waals surface area (Å²) >= 11 is 0. The van der Waals surface area contributed by atoms with Crippen LogP contribution in [0.1, 0.15) is 52.7 Å². The van der Waals surface area contributed by atoms with Crippen molar-refractivity contribution in [3.05, 3.63) is 181 Å². The highest BCUT2D eigenvalue weighted by atomic mass is 32.2. The molecular formula is C48H46F8O6S4. The molecular weight excluding hydrogens is 953 g/mol.